The van der Waals surface area contributed by atoms with Crippen molar-refractivity contribution >= 4 is 16.1 Å². The normalized spacial score (nSPS) is 19.2. The summed E-state index contributed by atoms with van der Waals surface area (Å²) in [7, 11) is -3.41. The molecule has 1 aliphatic carbocycles. The number of carbonyl (C=O) groups excluding carboxylic acids is 1. The van der Waals surface area contributed by atoms with Gasteiger partial charge in [-0.05, 0) is 33.6 Å². The molecule has 23 heavy (non-hydrogen) atoms. The maximum absolute atomic E-state index is 12.5. The highest BCUT2D eigenvalue weighted by molar-refractivity contribution is 7.90. The van der Waals surface area contributed by atoms with Crippen molar-refractivity contribution in [1.82, 2.24) is 14.1 Å². The molecule has 128 valence electrons. The summed E-state index contributed by atoms with van der Waals surface area (Å²) in [5, 5.41) is 3.89. The van der Waals surface area contributed by atoms with Gasteiger partial charge in [0.05, 0.1) is 24.0 Å². The number of aromatic nitrogens is 2. The Bertz CT molecular complexity index is 688. The van der Waals surface area contributed by atoms with Crippen LogP contribution in [0.15, 0.2) is 6.20 Å². The summed E-state index contributed by atoms with van der Waals surface area (Å²) in [6.45, 7) is 6.07. The van der Waals surface area contributed by atoms with E-state index in [0.29, 0.717) is 25.1 Å². The van der Waals surface area contributed by atoms with Crippen LogP contribution in [0, 0.1) is 0 Å². The number of hydrogen-bond acceptors (Lipinski definition) is 5. The van der Waals surface area contributed by atoms with Crippen molar-refractivity contribution < 1.29 is 17.9 Å². The van der Waals surface area contributed by atoms with Gasteiger partial charge >= 0.3 is 6.09 Å². The lowest BCUT2D eigenvalue weighted by atomic mass is 10.2. The van der Waals surface area contributed by atoms with Gasteiger partial charge in [0, 0.05) is 11.8 Å². The molecular formula is C15H23N3O4S. The zero-order chi connectivity index (χ0) is 16.8. The van der Waals surface area contributed by atoms with Crippen molar-refractivity contribution in [3.63, 3.8) is 0 Å². The quantitative estimate of drug-likeness (QED) is 0.824. The second-order valence-corrected chi connectivity index (χ2v) is 9.33. The van der Waals surface area contributed by atoms with Crippen LogP contribution in [0.25, 0.3) is 0 Å². The lowest BCUT2D eigenvalue weighted by Crippen LogP contribution is -2.34. The Labute approximate surface area is 136 Å². The molecule has 0 saturated heterocycles. The van der Waals surface area contributed by atoms with Crippen molar-refractivity contribution in [1.29, 1.82) is 0 Å². The molecule has 1 saturated carbocycles. The predicted octanol–water partition coefficient (Wildman–Crippen LogP) is 2.25. The number of fused-ring (bicyclic) bond motifs is 1. The number of rotatable bonds is 2. The van der Waals surface area contributed by atoms with Crippen molar-refractivity contribution in [2.75, 3.05) is 0 Å². The number of carbonyl (C=O) groups is 1. The van der Waals surface area contributed by atoms with Gasteiger partial charge in [0.15, 0.2) is 0 Å². The van der Waals surface area contributed by atoms with Crippen LogP contribution in [0.2, 0.25) is 0 Å². The molecule has 1 aromatic rings. The summed E-state index contributed by atoms with van der Waals surface area (Å²) in [5.74, 6) is 0. The van der Waals surface area contributed by atoms with E-state index >= 15 is 0 Å². The van der Waals surface area contributed by atoms with E-state index in [2.05, 4.69) is 5.10 Å². The highest BCUT2D eigenvalue weighted by Crippen LogP contribution is 2.28. The molecule has 2 heterocycles. The number of nitrogens with zero attached hydrogens (tertiary/aromatic N) is 3. The summed E-state index contributed by atoms with van der Waals surface area (Å²) in [6.07, 6.45) is 4.47. The molecule has 7 nitrogen and oxygen atoms in total. The van der Waals surface area contributed by atoms with Gasteiger partial charge < -0.3 is 4.74 Å². The molecular weight excluding hydrogens is 318 g/mol. The highest BCUT2D eigenvalue weighted by Gasteiger charge is 2.35. The molecule has 1 fully saturated rings. The Balaban J connectivity index is 1.72. The Morgan fingerprint density at radius 1 is 1.26 bits per heavy atom. The van der Waals surface area contributed by atoms with E-state index in [4.69, 9.17) is 4.74 Å². The van der Waals surface area contributed by atoms with Crippen molar-refractivity contribution in [3.8, 4) is 0 Å². The molecule has 0 radical (unpaired) electrons. The minimum atomic E-state index is -3.41. The third-order valence-corrected chi connectivity index (χ3v) is 6.22. The van der Waals surface area contributed by atoms with Gasteiger partial charge in [-0.2, -0.15) is 9.19 Å². The van der Waals surface area contributed by atoms with E-state index in [0.717, 1.165) is 22.5 Å². The monoisotopic (exact) mass is 341 g/mol. The third-order valence-electron chi connectivity index (χ3n) is 4.19. The van der Waals surface area contributed by atoms with E-state index in [-0.39, 0.29) is 11.8 Å². The molecule has 8 heteroatoms. The Hall–Kier alpha value is -1.57. The smallest absolute Gasteiger partial charge is 0.410 e. The summed E-state index contributed by atoms with van der Waals surface area (Å²) in [4.78, 5) is 13.6. The molecule has 0 aromatic carbocycles. The van der Waals surface area contributed by atoms with Crippen LogP contribution < -0.4 is 0 Å². The fourth-order valence-electron chi connectivity index (χ4n) is 3.05. The Kier molecular flexibility index (Phi) is 3.90. The van der Waals surface area contributed by atoms with Crippen LogP contribution in [0.4, 0.5) is 4.79 Å². The first-order valence-corrected chi connectivity index (χ1v) is 9.47. The van der Waals surface area contributed by atoms with Gasteiger partial charge in [0.25, 0.3) is 10.0 Å². The lowest BCUT2D eigenvalue weighted by molar-refractivity contribution is 0.0239. The molecule has 1 amide bonds. The number of ether oxygens (including phenoxy) is 1. The molecule has 0 atom stereocenters. The van der Waals surface area contributed by atoms with Gasteiger partial charge in [-0.15, -0.1) is 0 Å². The largest absolute Gasteiger partial charge is 0.444 e. The standard InChI is InChI=1S/C15H23N3O4S/c1-15(2,3)22-14(19)17-8-11-9-18(16-13(11)10-17)23(20,21)12-6-4-5-7-12/h9,12H,4-8,10H2,1-3H3. The lowest BCUT2D eigenvalue weighted by Gasteiger charge is -2.24. The fraction of sp³-hybridized carbons (Fsp3) is 0.733. The minimum Gasteiger partial charge on any atom is -0.444 e. The fourth-order valence-corrected chi connectivity index (χ4v) is 4.77. The van der Waals surface area contributed by atoms with E-state index in [9.17, 15) is 13.2 Å². The van der Waals surface area contributed by atoms with E-state index in [1.807, 2.05) is 20.8 Å². The molecule has 0 N–H and O–H groups in total. The molecule has 2 aliphatic rings. The molecule has 1 aromatic heterocycles. The van der Waals surface area contributed by atoms with Crippen molar-refractivity contribution in [2.24, 2.45) is 0 Å². The Morgan fingerprint density at radius 3 is 2.48 bits per heavy atom. The van der Waals surface area contributed by atoms with Gasteiger partial charge in [-0.3, -0.25) is 4.90 Å². The maximum atomic E-state index is 12.5. The molecule has 0 spiro atoms. The molecule has 3 rings (SSSR count). The average molecular weight is 341 g/mol. The topological polar surface area (TPSA) is 81.5 Å². The minimum absolute atomic E-state index is 0.289. The second kappa shape index (κ2) is 5.51. The van der Waals surface area contributed by atoms with Crippen molar-refractivity contribution in [3.05, 3.63) is 17.5 Å². The third kappa shape index (κ3) is 3.22. The van der Waals surface area contributed by atoms with Crippen LogP contribution in [0.1, 0.15) is 57.7 Å². The van der Waals surface area contributed by atoms with Crippen LogP contribution in [0.5, 0.6) is 0 Å². The van der Waals surface area contributed by atoms with Crippen LogP contribution in [-0.4, -0.2) is 39.4 Å². The zero-order valence-corrected chi connectivity index (χ0v) is 14.6. The predicted molar refractivity (Wildman–Crippen MR) is 84.3 cm³/mol. The highest BCUT2D eigenvalue weighted by atomic mass is 32.2. The molecule has 0 bridgehead atoms. The van der Waals surface area contributed by atoms with Gasteiger partial charge in [-0.25, -0.2) is 13.2 Å². The van der Waals surface area contributed by atoms with E-state index in [1.54, 1.807) is 6.20 Å². The van der Waals surface area contributed by atoms with Gasteiger partial charge in [0.1, 0.15) is 5.60 Å². The first kappa shape index (κ1) is 16.3. The summed E-state index contributed by atoms with van der Waals surface area (Å²) in [6, 6.07) is 0. The van der Waals surface area contributed by atoms with Crippen LogP contribution >= 0.6 is 0 Å². The van der Waals surface area contributed by atoms with Gasteiger partial charge in [0.2, 0.25) is 0 Å². The van der Waals surface area contributed by atoms with Crippen LogP contribution in [0.3, 0.4) is 0 Å². The van der Waals surface area contributed by atoms with E-state index < -0.39 is 21.7 Å². The summed E-state index contributed by atoms with van der Waals surface area (Å²) >= 11 is 0. The summed E-state index contributed by atoms with van der Waals surface area (Å²) in [5.41, 5.74) is 0.859. The number of hydrogen-bond donors (Lipinski definition) is 0. The van der Waals surface area contributed by atoms with Crippen LogP contribution in [-0.2, 0) is 27.8 Å². The van der Waals surface area contributed by atoms with E-state index in [1.165, 1.54) is 4.90 Å². The SMILES string of the molecule is CC(C)(C)OC(=O)N1Cc2cn(S(=O)(=O)C3CCCC3)nc2C1. The Morgan fingerprint density at radius 2 is 1.91 bits per heavy atom. The maximum Gasteiger partial charge on any atom is 0.410 e. The molecule has 0 unspecified atom stereocenters. The number of amides is 1. The average Bonchev–Trinajstić information content (AvgIpc) is 3.12. The zero-order valence-electron chi connectivity index (χ0n) is 13.8. The first-order chi connectivity index (χ1) is 10.7. The molecule has 1 aliphatic heterocycles. The first-order valence-electron chi connectivity index (χ1n) is 7.96. The van der Waals surface area contributed by atoms with Gasteiger partial charge in [-0.1, -0.05) is 12.8 Å². The van der Waals surface area contributed by atoms with Crippen molar-refractivity contribution in [2.45, 2.75) is 70.4 Å². The second-order valence-electron chi connectivity index (χ2n) is 7.26. The summed E-state index contributed by atoms with van der Waals surface area (Å²) < 4.78 is 31.5.